The van der Waals surface area contributed by atoms with Gasteiger partial charge in [-0.2, -0.15) is 5.10 Å². The van der Waals surface area contributed by atoms with Crippen molar-refractivity contribution >= 4 is 28.5 Å². The van der Waals surface area contributed by atoms with Crippen LogP contribution in [0.1, 0.15) is 30.9 Å². The molecule has 0 saturated heterocycles. The zero-order chi connectivity index (χ0) is 19.0. The number of amides is 1. The van der Waals surface area contributed by atoms with E-state index < -0.39 is 0 Å². The second-order valence-corrected chi connectivity index (χ2v) is 7.37. The molecule has 3 aromatic rings. The maximum Gasteiger partial charge on any atom is 0.264 e. The molecule has 1 amide bonds. The summed E-state index contributed by atoms with van der Waals surface area (Å²) in [7, 11) is 1.74. The summed E-state index contributed by atoms with van der Waals surface area (Å²) in [5.41, 5.74) is 1.42. The number of nitrogens with zero attached hydrogens (tertiary/aromatic N) is 4. The second-order valence-electron chi connectivity index (χ2n) is 6.93. The molecule has 1 aromatic carbocycles. The number of carbonyl (C=O) groups is 1. The fraction of sp³-hybridized carbons (Fsp3) is 0.368. The first kappa shape index (κ1) is 17.7. The van der Waals surface area contributed by atoms with Crippen LogP contribution in [0.4, 0.5) is 0 Å². The lowest BCUT2D eigenvalue weighted by molar-refractivity contribution is -0.122. The second kappa shape index (κ2) is 7.15. The Bertz CT molecular complexity index is 1040. The Kier molecular flexibility index (Phi) is 4.70. The van der Waals surface area contributed by atoms with Crippen LogP contribution in [0.15, 0.2) is 41.6 Å². The fourth-order valence-corrected chi connectivity index (χ4v) is 3.39. The smallest absolute Gasteiger partial charge is 0.264 e. The number of nitrogens with one attached hydrogen (secondary N) is 1. The highest BCUT2D eigenvalue weighted by molar-refractivity contribution is 6.30. The Labute approximate surface area is 161 Å². The molecule has 0 aliphatic heterocycles. The third-order valence-corrected chi connectivity index (χ3v) is 5.19. The summed E-state index contributed by atoms with van der Waals surface area (Å²) < 4.78 is 3.01. The topological polar surface area (TPSA) is 81.8 Å². The molecule has 1 fully saturated rings. The van der Waals surface area contributed by atoms with Crippen LogP contribution in [-0.2, 0) is 18.4 Å². The number of benzene rings is 1. The van der Waals surface area contributed by atoms with E-state index in [0.29, 0.717) is 22.0 Å². The van der Waals surface area contributed by atoms with Gasteiger partial charge in [-0.05, 0) is 36.5 Å². The molecule has 1 saturated carbocycles. The van der Waals surface area contributed by atoms with E-state index in [9.17, 15) is 9.59 Å². The average molecular weight is 386 g/mol. The highest BCUT2D eigenvalue weighted by atomic mass is 35.5. The van der Waals surface area contributed by atoms with Gasteiger partial charge < -0.3 is 5.32 Å². The van der Waals surface area contributed by atoms with Gasteiger partial charge in [0.2, 0.25) is 5.91 Å². The van der Waals surface area contributed by atoms with Crippen molar-refractivity contribution in [1.82, 2.24) is 24.6 Å². The molecule has 2 aromatic heterocycles. The zero-order valence-electron chi connectivity index (χ0n) is 14.9. The van der Waals surface area contributed by atoms with E-state index in [1.165, 1.54) is 17.1 Å². The summed E-state index contributed by atoms with van der Waals surface area (Å²) in [6.07, 6.45) is 5.40. The Morgan fingerprint density at radius 3 is 2.78 bits per heavy atom. The van der Waals surface area contributed by atoms with Crippen molar-refractivity contribution in [1.29, 1.82) is 0 Å². The van der Waals surface area contributed by atoms with Gasteiger partial charge in [0.1, 0.15) is 5.39 Å². The van der Waals surface area contributed by atoms with Gasteiger partial charge in [0.15, 0.2) is 5.65 Å². The average Bonchev–Trinajstić information content (AvgIpc) is 3.43. The number of halogens is 1. The molecule has 0 bridgehead atoms. The Hall–Kier alpha value is -2.67. The Morgan fingerprint density at radius 1 is 1.33 bits per heavy atom. The molecule has 0 radical (unpaired) electrons. The van der Waals surface area contributed by atoms with Crippen LogP contribution in [0.3, 0.4) is 0 Å². The van der Waals surface area contributed by atoms with Gasteiger partial charge in [0.05, 0.1) is 18.6 Å². The highest BCUT2D eigenvalue weighted by Crippen LogP contribution is 2.41. The van der Waals surface area contributed by atoms with Gasteiger partial charge >= 0.3 is 0 Å². The summed E-state index contributed by atoms with van der Waals surface area (Å²) >= 11 is 5.96. The minimum atomic E-state index is -0.183. The molecule has 1 unspecified atom stereocenters. The van der Waals surface area contributed by atoms with Crippen LogP contribution in [-0.4, -0.2) is 25.2 Å². The highest BCUT2D eigenvalue weighted by Gasteiger charge is 2.33. The molecule has 1 N–H and O–H groups in total. The van der Waals surface area contributed by atoms with Gasteiger partial charge in [-0.15, -0.1) is 0 Å². The molecule has 7 nitrogen and oxygen atoms in total. The number of aromatic nitrogens is 4. The Morgan fingerprint density at radius 2 is 2.07 bits per heavy atom. The van der Waals surface area contributed by atoms with Crippen LogP contribution in [0.5, 0.6) is 0 Å². The molecular formula is C19H20ClN5O2. The molecular weight excluding hydrogens is 366 g/mol. The molecule has 2 heterocycles. The normalized spacial score (nSPS) is 15.0. The number of hydrogen-bond acceptors (Lipinski definition) is 4. The number of aryl methyl sites for hydroxylation is 2. The lowest BCUT2D eigenvalue weighted by Gasteiger charge is -2.19. The zero-order valence-corrected chi connectivity index (χ0v) is 15.7. The molecule has 1 atom stereocenters. The number of fused-ring (bicyclic) bond motifs is 1. The molecule has 8 heteroatoms. The summed E-state index contributed by atoms with van der Waals surface area (Å²) in [4.78, 5) is 29.2. The number of rotatable bonds is 6. The van der Waals surface area contributed by atoms with Crippen molar-refractivity contribution in [2.24, 2.45) is 13.0 Å². The van der Waals surface area contributed by atoms with E-state index in [-0.39, 0.29) is 30.5 Å². The predicted molar refractivity (Wildman–Crippen MR) is 102 cm³/mol. The maximum atomic E-state index is 12.5. The lowest BCUT2D eigenvalue weighted by Crippen LogP contribution is -2.31. The van der Waals surface area contributed by atoms with Crippen molar-refractivity contribution < 1.29 is 4.79 Å². The largest absolute Gasteiger partial charge is 0.349 e. The van der Waals surface area contributed by atoms with E-state index in [2.05, 4.69) is 15.4 Å². The molecule has 4 rings (SSSR count). The van der Waals surface area contributed by atoms with E-state index in [1.54, 1.807) is 11.7 Å². The maximum absolute atomic E-state index is 12.5. The molecule has 140 valence electrons. The van der Waals surface area contributed by atoms with E-state index in [1.807, 2.05) is 24.3 Å². The quantitative estimate of drug-likeness (QED) is 0.706. The monoisotopic (exact) mass is 385 g/mol. The third kappa shape index (κ3) is 3.73. The first-order valence-electron chi connectivity index (χ1n) is 8.95. The van der Waals surface area contributed by atoms with Gasteiger partial charge in [-0.25, -0.2) is 4.98 Å². The molecule has 27 heavy (non-hydrogen) atoms. The standard InChI is InChI=1S/C19H20ClN5O2/c1-24-18-15(10-22-24)19(27)25(11-21-18)9-8-16(26)23-17(12-2-3-12)13-4-6-14(20)7-5-13/h4-7,10-12,17H,2-3,8-9H2,1H3,(H,23,26). The van der Waals surface area contributed by atoms with Crippen molar-refractivity contribution in [3.63, 3.8) is 0 Å². The van der Waals surface area contributed by atoms with Crippen LogP contribution in [0, 0.1) is 5.92 Å². The summed E-state index contributed by atoms with van der Waals surface area (Å²) in [6, 6.07) is 7.58. The summed E-state index contributed by atoms with van der Waals surface area (Å²) in [6.45, 7) is 0.278. The van der Waals surface area contributed by atoms with Gasteiger partial charge in [0.25, 0.3) is 5.56 Å². The molecule has 0 spiro atoms. The first-order chi connectivity index (χ1) is 13.0. The van der Waals surface area contributed by atoms with Crippen molar-refractivity contribution in [3.05, 3.63) is 57.7 Å². The minimum Gasteiger partial charge on any atom is -0.349 e. The van der Waals surface area contributed by atoms with Crippen molar-refractivity contribution in [2.75, 3.05) is 0 Å². The van der Waals surface area contributed by atoms with Crippen LogP contribution in [0.25, 0.3) is 11.0 Å². The van der Waals surface area contributed by atoms with Crippen LogP contribution >= 0.6 is 11.6 Å². The van der Waals surface area contributed by atoms with Crippen LogP contribution in [0.2, 0.25) is 5.02 Å². The molecule has 1 aliphatic rings. The summed E-state index contributed by atoms with van der Waals surface area (Å²) in [5, 5.41) is 8.30. The number of carbonyl (C=O) groups excluding carboxylic acids is 1. The van der Waals surface area contributed by atoms with Crippen molar-refractivity contribution in [3.8, 4) is 0 Å². The Balaban J connectivity index is 1.44. The van der Waals surface area contributed by atoms with Crippen molar-refractivity contribution in [2.45, 2.75) is 31.8 Å². The van der Waals surface area contributed by atoms with Gasteiger partial charge in [-0.3, -0.25) is 18.8 Å². The van der Waals surface area contributed by atoms with E-state index in [0.717, 1.165) is 18.4 Å². The summed E-state index contributed by atoms with van der Waals surface area (Å²) in [5.74, 6) is 0.381. The fourth-order valence-electron chi connectivity index (χ4n) is 3.27. The number of hydrogen-bond donors (Lipinski definition) is 1. The van der Waals surface area contributed by atoms with Gasteiger partial charge in [0, 0.05) is 25.0 Å². The first-order valence-corrected chi connectivity index (χ1v) is 9.32. The molecule has 1 aliphatic carbocycles. The minimum absolute atomic E-state index is 0.00887. The predicted octanol–water partition coefficient (Wildman–Crippen LogP) is 2.44. The van der Waals surface area contributed by atoms with Crippen LogP contribution < -0.4 is 10.9 Å². The van der Waals surface area contributed by atoms with Gasteiger partial charge in [-0.1, -0.05) is 23.7 Å². The third-order valence-electron chi connectivity index (χ3n) is 4.94. The van der Waals surface area contributed by atoms with E-state index in [4.69, 9.17) is 11.6 Å². The lowest BCUT2D eigenvalue weighted by atomic mass is 10.0. The SMILES string of the molecule is Cn1ncc2c(=O)n(CCC(=O)NC(c3ccc(Cl)cc3)C3CC3)cnc21. The van der Waals surface area contributed by atoms with E-state index >= 15 is 0 Å².